The van der Waals surface area contributed by atoms with E-state index in [4.69, 9.17) is 4.74 Å². The second kappa shape index (κ2) is 4.80. The van der Waals surface area contributed by atoms with Crippen molar-refractivity contribution in [1.29, 1.82) is 0 Å². The Labute approximate surface area is 106 Å². The molecule has 4 nitrogen and oxygen atoms in total. The molecule has 0 spiro atoms. The number of carbonyl (C=O) groups excluding carboxylic acids is 2. The van der Waals surface area contributed by atoms with E-state index in [2.05, 4.69) is 4.74 Å². The van der Waals surface area contributed by atoms with Gasteiger partial charge in [-0.3, -0.25) is 9.59 Å². The summed E-state index contributed by atoms with van der Waals surface area (Å²) in [6.45, 7) is 1.93. The van der Waals surface area contributed by atoms with Crippen LogP contribution in [0.4, 0.5) is 0 Å². The molecule has 4 heteroatoms. The average Bonchev–Trinajstić information content (AvgIpc) is 2.39. The van der Waals surface area contributed by atoms with Crippen LogP contribution in [0.15, 0.2) is 12.1 Å². The third-order valence-corrected chi connectivity index (χ3v) is 3.52. The molecule has 1 aliphatic rings. The van der Waals surface area contributed by atoms with Gasteiger partial charge in [-0.05, 0) is 43.0 Å². The van der Waals surface area contributed by atoms with Crippen LogP contribution in [-0.4, -0.2) is 26.0 Å². The summed E-state index contributed by atoms with van der Waals surface area (Å²) in [6, 6.07) is 3.50. The van der Waals surface area contributed by atoms with Crippen LogP contribution in [0.25, 0.3) is 0 Å². The molecule has 0 saturated carbocycles. The van der Waals surface area contributed by atoms with Gasteiger partial charge in [0, 0.05) is 5.56 Å². The van der Waals surface area contributed by atoms with Crippen molar-refractivity contribution < 1.29 is 19.1 Å². The minimum atomic E-state index is -0.657. The van der Waals surface area contributed by atoms with Crippen molar-refractivity contribution in [3.8, 4) is 5.75 Å². The molecule has 1 aromatic rings. The van der Waals surface area contributed by atoms with E-state index >= 15 is 0 Å². The van der Waals surface area contributed by atoms with Crippen molar-refractivity contribution in [2.45, 2.75) is 19.8 Å². The van der Waals surface area contributed by atoms with Gasteiger partial charge in [0.1, 0.15) is 11.7 Å². The summed E-state index contributed by atoms with van der Waals surface area (Å²) in [6.07, 6.45) is 1.20. The minimum Gasteiger partial charge on any atom is -0.496 e. The number of ketones is 1. The number of fused-ring (bicyclic) bond motifs is 1. The zero-order valence-electron chi connectivity index (χ0n) is 10.8. The molecule has 0 radical (unpaired) electrons. The molecular weight excluding hydrogens is 232 g/mol. The first kappa shape index (κ1) is 12.6. The molecule has 0 bridgehead atoms. The van der Waals surface area contributed by atoms with Gasteiger partial charge >= 0.3 is 5.97 Å². The maximum absolute atomic E-state index is 12.2. The van der Waals surface area contributed by atoms with Crippen molar-refractivity contribution in [3.63, 3.8) is 0 Å². The molecule has 0 fully saturated rings. The summed E-state index contributed by atoms with van der Waals surface area (Å²) >= 11 is 0. The lowest BCUT2D eigenvalue weighted by Gasteiger charge is -2.23. The van der Waals surface area contributed by atoms with Crippen LogP contribution in [0.5, 0.6) is 5.75 Å². The fourth-order valence-corrected chi connectivity index (χ4v) is 2.48. The van der Waals surface area contributed by atoms with E-state index in [1.807, 2.05) is 6.92 Å². The Morgan fingerprint density at radius 3 is 2.67 bits per heavy atom. The molecule has 0 aliphatic heterocycles. The van der Waals surface area contributed by atoms with Crippen LogP contribution >= 0.6 is 0 Å². The van der Waals surface area contributed by atoms with Gasteiger partial charge in [-0.2, -0.15) is 0 Å². The Morgan fingerprint density at radius 2 is 2.06 bits per heavy atom. The van der Waals surface area contributed by atoms with Crippen LogP contribution in [0.3, 0.4) is 0 Å². The first-order valence-corrected chi connectivity index (χ1v) is 5.88. The third kappa shape index (κ3) is 1.88. The summed E-state index contributed by atoms with van der Waals surface area (Å²) in [5.74, 6) is -0.471. The first-order chi connectivity index (χ1) is 8.60. The molecule has 0 amide bonds. The van der Waals surface area contributed by atoms with Crippen molar-refractivity contribution in [3.05, 3.63) is 28.8 Å². The molecule has 18 heavy (non-hydrogen) atoms. The van der Waals surface area contributed by atoms with E-state index < -0.39 is 11.9 Å². The SMILES string of the molecule is COC(=O)C1CCc2c(ccc(OC)c2C)C1=O. The number of carbonyl (C=O) groups is 2. The Morgan fingerprint density at radius 1 is 1.33 bits per heavy atom. The zero-order chi connectivity index (χ0) is 13.3. The van der Waals surface area contributed by atoms with Gasteiger partial charge in [-0.15, -0.1) is 0 Å². The van der Waals surface area contributed by atoms with Gasteiger partial charge in [-0.25, -0.2) is 0 Å². The fraction of sp³-hybridized carbons (Fsp3) is 0.429. The number of methoxy groups -OCH3 is 2. The second-order valence-electron chi connectivity index (χ2n) is 4.40. The highest BCUT2D eigenvalue weighted by Crippen LogP contribution is 2.32. The smallest absolute Gasteiger partial charge is 0.316 e. The second-order valence-corrected chi connectivity index (χ2v) is 4.40. The maximum atomic E-state index is 12.2. The summed E-state index contributed by atoms with van der Waals surface area (Å²) in [7, 11) is 2.92. The van der Waals surface area contributed by atoms with Crippen molar-refractivity contribution in [1.82, 2.24) is 0 Å². The van der Waals surface area contributed by atoms with Crippen LogP contribution in [0, 0.1) is 12.8 Å². The van der Waals surface area contributed by atoms with Crippen LogP contribution in [-0.2, 0) is 16.0 Å². The molecule has 0 aromatic heterocycles. The Hall–Kier alpha value is -1.84. The van der Waals surface area contributed by atoms with E-state index in [0.717, 1.165) is 16.9 Å². The Kier molecular flexibility index (Phi) is 3.36. The molecule has 96 valence electrons. The van der Waals surface area contributed by atoms with Gasteiger partial charge < -0.3 is 9.47 Å². The Bertz CT molecular complexity index is 505. The van der Waals surface area contributed by atoms with Gasteiger partial charge in [0.15, 0.2) is 5.78 Å². The topological polar surface area (TPSA) is 52.6 Å². The average molecular weight is 248 g/mol. The number of rotatable bonds is 2. The molecule has 2 rings (SSSR count). The van der Waals surface area contributed by atoms with Gasteiger partial charge in [0.05, 0.1) is 14.2 Å². The first-order valence-electron chi connectivity index (χ1n) is 5.88. The normalized spacial score (nSPS) is 18.2. The van der Waals surface area contributed by atoms with E-state index in [0.29, 0.717) is 18.4 Å². The van der Waals surface area contributed by atoms with Gasteiger partial charge in [0.2, 0.25) is 0 Å². The van der Waals surface area contributed by atoms with E-state index in [1.165, 1.54) is 7.11 Å². The monoisotopic (exact) mass is 248 g/mol. The molecular formula is C14H16O4. The van der Waals surface area contributed by atoms with E-state index in [1.54, 1.807) is 19.2 Å². The number of hydrogen-bond acceptors (Lipinski definition) is 4. The highest BCUT2D eigenvalue weighted by Gasteiger charge is 2.34. The number of benzene rings is 1. The third-order valence-electron chi connectivity index (χ3n) is 3.52. The van der Waals surface area contributed by atoms with Crippen LogP contribution in [0.1, 0.15) is 27.9 Å². The molecule has 0 heterocycles. The summed E-state index contributed by atoms with van der Waals surface area (Å²) in [5.41, 5.74) is 2.58. The highest BCUT2D eigenvalue weighted by atomic mass is 16.5. The van der Waals surface area contributed by atoms with Gasteiger partial charge in [-0.1, -0.05) is 0 Å². The van der Waals surface area contributed by atoms with Crippen LogP contribution in [0.2, 0.25) is 0 Å². The molecule has 1 aromatic carbocycles. The highest BCUT2D eigenvalue weighted by molar-refractivity contribution is 6.10. The van der Waals surface area contributed by atoms with Crippen molar-refractivity contribution in [2.24, 2.45) is 5.92 Å². The number of hydrogen-bond donors (Lipinski definition) is 0. The lowest BCUT2D eigenvalue weighted by Crippen LogP contribution is -2.30. The lowest BCUT2D eigenvalue weighted by atomic mass is 9.81. The predicted molar refractivity (Wildman–Crippen MR) is 65.9 cm³/mol. The zero-order valence-corrected chi connectivity index (χ0v) is 10.8. The summed E-state index contributed by atoms with van der Waals surface area (Å²) in [5, 5.41) is 0. The van der Waals surface area contributed by atoms with Crippen molar-refractivity contribution in [2.75, 3.05) is 14.2 Å². The Balaban J connectivity index is 2.43. The molecule has 1 unspecified atom stereocenters. The summed E-state index contributed by atoms with van der Waals surface area (Å²) in [4.78, 5) is 23.8. The lowest BCUT2D eigenvalue weighted by molar-refractivity contribution is -0.143. The summed E-state index contributed by atoms with van der Waals surface area (Å²) < 4.78 is 9.90. The minimum absolute atomic E-state index is 0.145. The maximum Gasteiger partial charge on any atom is 0.316 e. The molecule has 1 aliphatic carbocycles. The molecule has 0 saturated heterocycles. The number of ether oxygens (including phenoxy) is 2. The van der Waals surface area contributed by atoms with Gasteiger partial charge in [0.25, 0.3) is 0 Å². The predicted octanol–water partition coefficient (Wildman–Crippen LogP) is 1.92. The largest absolute Gasteiger partial charge is 0.496 e. The van der Waals surface area contributed by atoms with Crippen LogP contribution < -0.4 is 4.74 Å². The molecule has 0 N–H and O–H groups in total. The molecule has 1 atom stereocenters. The van der Waals surface area contributed by atoms with E-state index in [9.17, 15) is 9.59 Å². The number of Topliss-reactive ketones (excluding diaryl/α,β-unsaturated/α-hetero) is 1. The van der Waals surface area contributed by atoms with Crippen molar-refractivity contribution >= 4 is 11.8 Å². The quantitative estimate of drug-likeness (QED) is 0.592. The standard InChI is InChI=1S/C14H16O4/c1-8-9-4-5-11(14(16)18-3)13(15)10(9)6-7-12(8)17-2/h6-7,11H,4-5H2,1-3H3. The number of esters is 1. The fourth-order valence-electron chi connectivity index (χ4n) is 2.48. The van der Waals surface area contributed by atoms with E-state index in [-0.39, 0.29) is 5.78 Å².